The monoisotopic (exact) mass is 454 g/mol. The van der Waals surface area contributed by atoms with Gasteiger partial charge in [0.25, 0.3) is 0 Å². The molecule has 0 spiro atoms. The van der Waals surface area contributed by atoms with Gasteiger partial charge in [-0.3, -0.25) is 9.59 Å². The number of nitrogens with one attached hydrogen (secondary N) is 2. The van der Waals surface area contributed by atoms with E-state index in [1.54, 1.807) is 38.5 Å². The van der Waals surface area contributed by atoms with Crippen LogP contribution in [0.25, 0.3) is 0 Å². The van der Waals surface area contributed by atoms with Gasteiger partial charge in [0.15, 0.2) is 23.0 Å². The summed E-state index contributed by atoms with van der Waals surface area (Å²) in [5.41, 5.74) is 1.39. The van der Waals surface area contributed by atoms with Crippen molar-refractivity contribution < 1.29 is 28.5 Å². The van der Waals surface area contributed by atoms with E-state index in [4.69, 9.17) is 18.9 Å². The molecule has 2 aromatic carbocycles. The van der Waals surface area contributed by atoms with Crippen LogP contribution in [0.2, 0.25) is 0 Å². The maximum Gasteiger partial charge on any atom is 0.227 e. The van der Waals surface area contributed by atoms with E-state index in [1.165, 1.54) is 0 Å². The molecule has 0 unspecified atom stereocenters. The smallest absolute Gasteiger partial charge is 0.227 e. The second kappa shape index (κ2) is 10.5. The van der Waals surface area contributed by atoms with Crippen molar-refractivity contribution in [2.75, 3.05) is 38.1 Å². The first-order valence-corrected chi connectivity index (χ1v) is 11.3. The number of benzene rings is 2. The van der Waals surface area contributed by atoms with Crippen molar-refractivity contribution in [1.29, 1.82) is 0 Å². The molecular weight excluding hydrogens is 424 g/mol. The molecule has 0 aromatic heterocycles. The Morgan fingerprint density at radius 1 is 0.727 bits per heavy atom. The van der Waals surface area contributed by atoms with Crippen molar-refractivity contribution in [1.82, 2.24) is 0 Å². The van der Waals surface area contributed by atoms with Gasteiger partial charge in [-0.25, -0.2) is 0 Å². The third-order valence-corrected chi connectivity index (χ3v) is 5.56. The van der Waals surface area contributed by atoms with Crippen molar-refractivity contribution >= 4 is 23.2 Å². The van der Waals surface area contributed by atoms with E-state index in [1.807, 2.05) is 12.1 Å². The average molecular weight is 455 g/mol. The molecule has 0 atom stereocenters. The highest BCUT2D eigenvalue weighted by atomic mass is 16.5. The third-order valence-electron chi connectivity index (χ3n) is 5.56. The lowest BCUT2D eigenvalue weighted by Gasteiger charge is -2.14. The Bertz CT molecular complexity index is 921. The molecule has 0 aliphatic heterocycles. The van der Waals surface area contributed by atoms with E-state index in [0.29, 0.717) is 54.0 Å². The zero-order chi connectivity index (χ0) is 23.2. The van der Waals surface area contributed by atoms with Gasteiger partial charge >= 0.3 is 0 Å². The fraction of sp³-hybridized carbons (Fsp3) is 0.440. The molecule has 8 heteroatoms. The lowest BCUT2D eigenvalue weighted by Crippen LogP contribution is -2.13. The number of ether oxygens (including phenoxy) is 4. The number of anilines is 2. The maximum absolute atomic E-state index is 11.9. The molecule has 0 bridgehead atoms. The van der Waals surface area contributed by atoms with Crippen molar-refractivity contribution in [3.8, 4) is 23.0 Å². The van der Waals surface area contributed by atoms with Crippen LogP contribution in [0, 0.1) is 11.8 Å². The predicted octanol–water partition coefficient (Wildman–Crippen LogP) is 4.25. The molecule has 2 N–H and O–H groups in total. The first-order chi connectivity index (χ1) is 16.1. The summed E-state index contributed by atoms with van der Waals surface area (Å²) >= 11 is 0. The van der Waals surface area contributed by atoms with Gasteiger partial charge in [-0.2, -0.15) is 0 Å². The van der Waals surface area contributed by atoms with E-state index in [9.17, 15) is 9.59 Å². The Labute approximate surface area is 193 Å². The van der Waals surface area contributed by atoms with E-state index >= 15 is 0 Å². The van der Waals surface area contributed by atoms with Gasteiger partial charge in [0.05, 0.1) is 27.4 Å². The van der Waals surface area contributed by atoms with Crippen LogP contribution in [-0.4, -0.2) is 39.2 Å². The number of rotatable bonds is 12. The van der Waals surface area contributed by atoms with Crippen LogP contribution in [0.1, 0.15) is 32.1 Å². The van der Waals surface area contributed by atoms with Crippen molar-refractivity contribution in [2.24, 2.45) is 11.8 Å². The Kier molecular flexibility index (Phi) is 7.22. The molecule has 2 fully saturated rings. The van der Waals surface area contributed by atoms with Gasteiger partial charge in [-0.15, -0.1) is 0 Å². The Morgan fingerprint density at radius 2 is 1.15 bits per heavy atom. The van der Waals surface area contributed by atoms with E-state index in [2.05, 4.69) is 10.6 Å². The van der Waals surface area contributed by atoms with Gasteiger partial charge in [-0.05, 0) is 49.9 Å². The second-order valence-corrected chi connectivity index (χ2v) is 8.31. The van der Waals surface area contributed by atoms with Crippen LogP contribution in [0.5, 0.6) is 23.0 Å². The molecule has 33 heavy (non-hydrogen) atoms. The zero-order valence-electron chi connectivity index (χ0n) is 19.0. The van der Waals surface area contributed by atoms with Crippen LogP contribution in [0.15, 0.2) is 36.4 Å². The summed E-state index contributed by atoms with van der Waals surface area (Å²) in [6.45, 7) is 0.865. The number of carbonyl (C=O) groups is 2. The molecule has 2 aliphatic rings. The van der Waals surface area contributed by atoms with Gasteiger partial charge in [-0.1, -0.05) is 0 Å². The summed E-state index contributed by atoms with van der Waals surface area (Å²) in [4.78, 5) is 23.9. The molecule has 0 heterocycles. The van der Waals surface area contributed by atoms with Crippen LogP contribution >= 0.6 is 0 Å². The summed E-state index contributed by atoms with van der Waals surface area (Å²) in [5, 5.41) is 5.81. The van der Waals surface area contributed by atoms with E-state index < -0.39 is 0 Å². The molecule has 2 saturated carbocycles. The number of hydrogen-bond acceptors (Lipinski definition) is 6. The van der Waals surface area contributed by atoms with E-state index in [-0.39, 0.29) is 23.7 Å². The minimum Gasteiger partial charge on any atom is -0.493 e. The molecular formula is C25H30N2O6. The SMILES string of the molecule is COc1cc(NC(=O)C2CC2)ccc1OCCCOc1ccc(NC(=O)C2CC2)cc1OC. The molecule has 0 radical (unpaired) electrons. The Morgan fingerprint density at radius 3 is 1.52 bits per heavy atom. The zero-order valence-corrected chi connectivity index (χ0v) is 19.0. The molecule has 2 amide bonds. The highest BCUT2D eigenvalue weighted by molar-refractivity contribution is 5.94. The predicted molar refractivity (Wildman–Crippen MR) is 124 cm³/mol. The number of hydrogen-bond donors (Lipinski definition) is 2. The lowest BCUT2D eigenvalue weighted by atomic mass is 10.2. The minimum atomic E-state index is 0.0524. The average Bonchev–Trinajstić information content (AvgIpc) is 3.72. The summed E-state index contributed by atoms with van der Waals surface area (Å²) in [5.74, 6) is 2.73. The van der Waals surface area contributed by atoms with Gasteiger partial charge < -0.3 is 29.6 Å². The highest BCUT2D eigenvalue weighted by Gasteiger charge is 2.30. The first-order valence-electron chi connectivity index (χ1n) is 11.3. The van der Waals surface area contributed by atoms with Gasteiger partial charge in [0.1, 0.15) is 0 Å². The van der Waals surface area contributed by atoms with Crippen LogP contribution in [0.4, 0.5) is 11.4 Å². The minimum absolute atomic E-state index is 0.0524. The lowest BCUT2D eigenvalue weighted by molar-refractivity contribution is -0.118. The van der Waals surface area contributed by atoms with Gasteiger partial charge in [0, 0.05) is 41.8 Å². The molecule has 2 aromatic rings. The molecule has 0 saturated heterocycles. The largest absolute Gasteiger partial charge is 0.493 e. The van der Waals surface area contributed by atoms with Gasteiger partial charge in [0.2, 0.25) is 11.8 Å². The standard InChI is InChI=1S/C25H30N2O6/c1-30-22-14-18(26-24(28)16-4-5-16)8-10-20(22)32-12-3-13-33-21-11-9-19(15-23(21)31-2)27-25(29)17-6-7-17/h8-11,14-17H,3-7,12-13H2,1-2H3,(H,26,28)(H,27,29). The van der Waals surface area contributed by atoms with Crippen LogP contribution < -0.4 is 29.6 Å². The van der Waals surface area contributed by atoms with E-state index in [0.717, 1.165) is 25.7 Å². The number of methoxy groups -OCH3 is 2. The van der Waals surface area contributed by atoms with Crippen molar-refractivity contribution in [3.05, 3.63) is 36.4 Å². The normalized spacial score (nSPS) is 14.8. The molecule has 2 aliphatic carbocycles. The fourth-order valence-electron chi connectivity index (χ4n) is 3.33. The highest BCUT2D eigenvalue weighted by Crippen LogP contribution is 2.35. The maximum atomic E-state index is 11.9. The summed E-state index contributed by atoms with van der Waals surface area (Å²) in [6, 6.07) is 10.7. The number of amides is 2. The topological polar surface area (TPSA) is 95.1 Å². The Hall–Kier alpha value is -3.42. The second-order valence-electron chi connectivity index (χ2n) is 8.31. The summed E-state index contributed by atoms with van der Waals surface area (Å²) in [6.07, 6.45) is 4.48. The quantitative estimate of drug-likeness (QED) is 0.466. The fourth-order valence-corrected chi connectivity index (χ4v) is 3.33. The molecule has 176 valence electrons. The van der Waals surface area contributed by atoms with Crippen molar-refractivity contribution in [3.63, 3.8) is 0 Å². The number of carbonyl (C=O) groups excluding carboxylic acids is 2. The molecule has 4 rings (SSSR count). The van der Waals surface area contributed by atoms with Crippen LogP contribution in [-0.2, 0) is 9.59 Å². The summed E-state index contributed by atoms with van der Waals surface area (Å²) in [7, 11) is 3.14. The summed E-state index contributed by atoms with van der Waals surface area (Å²) < 4.78 is 22.5. The van der Waals surface area contributed by atoms with Crippen molar-refractivity contribution in [2.45, 2.75) is 32.1 Å². The van der Waals surface area contributed by atoms with Crippen LogP contribution in [0.3, 0.4) is 0 Å². The first kappa shape index (κ1) is 22.8. The third kappa shape index (κ3) is 6.31. The molecule has 8 nitrogen and oxygen atoms in total. The Balaban J connectivity index is 1.23.